The van der Waals surface area contributed by atoms with E-state index >= 15 is 0 Å². The van der Waals surface area contributed by atoms with Gasteiger partial charge in [0.25, 0.3) is 0 Å². The van der Waals surface area contributed by atoms with E-state index in [2.05, 4.69) is 13.0 Å². The van der Waals surface area contributed by atoms with E-state index in [0.29, 0.717) is 0 Å². The first-order valence-electron chi connectivity index (χ1n) is 9.61. The molecule has 0 aliphatic rings. The van der Waals surface area contributed by atoms with Gasteiger partial charge in [-0.15, -0.1) is 0 Å². The molecule has 0 aromatic carbocycles. The van der Waals surface area contributed by atoms with Crippen molar-refractivity contribution in [2.75, 3.05) is 0 Å². The Morgan fingerprint density at radius 3 is 1.55 bits per heavy atom. The molecule has 1 radical (unpaired) electrons. The van der Waals surface area contributed by atoms with Crippen molar-refractivity contribution in [3.63, 3.8) is 0 Å². The molecule has 0 atom stereocenters. The second-order valence-electron chi connectivity index (χ2n) is 6.29. The summed E-state index contributed by atoms with van der Waals surface area (Å²) in [6.45, 7) is 2.28. The summed E-state index contributed by atoms with van der Waals surface area (Å²) >= 11 is 0. The maximum atomic E-state index is 9.93. The van der Waals surface area contributed by atoms with Crippen LogP contribution in [0.25, 0.3) is 0 Å². The van der Waals surface area contributed by atoms with E-state index < -0.39 is 0 Å². The molecule has 0 saturated carbocycles. The number of unbranched alkanes of at least 4 members (excludes halogenated alkanes) is 14. The fourth-order valence-electron chi connectivity index (χ4n) is 2.73. The third-order valence-electron chi connectivity index (χ3n) is 4.14. The molecule has 0 aromatic rings. The van der Waals surface area contributed by atoms with Gasteiger partial charge < -0.3 is 0 Å². The Kier molecular flexibility index (Phi) is 19.4. The van der Waals surface area contributed by atoms with E-state index in [4.69, 9.17) is 0 Å². The minimum absolute atomic E-state index is 1.13. The number of rotatable bonds is 17. The van der Waals surface area contributed by atoms with Crippen molar-refractivity contribution in [3.8, 4) is 0 Å². The summed E-state index contributed by atoms with van der Waals surface area (Å²) in [6, 6.07) is 0. The minimum Gasteiger partial charge on any atom is -0.286 e. The number of allylic oxidation sites excluding steroid dienone is 4. The lowest BCUT2D eigenvalue weighted by Gasteiger charge is -2.02. The van der Waals surface area contributed by atoms with Gasteiger partial charge in [-0.05, 0) is 18.9 Å². The fraction of sp³-hybridized carbons (Fsp3) is 0.762. The lowest BCUT2D eigenvalue weighted by molar-refractivity contribution is 0.536. The highest BCUT2D eigenvalue weighted by Gasteiger charge is 1.93. The molecule has 0 aliphatic heterocycles. The van der Waals surface area contributed by atoms with Crippen molar-refractivity contribution >= 4 is 6.29 Å². The predicted octanol–water partition coefficient (Wildman–Crippen LogP) is 7.08. The average molecular weight is 306 g/mol. The Hall–Kier alpha value is -0.850. The van der Waals surface area contributed by atoms with Crippen molar-refractivity contribution < 1.29 is 4.79 Å². The summed E-state index contributed by atoms with van der Waals surface area (Å²) in [5.41, 5.74) is 0. The SMILES string of the molecule is CCCCCCCCCCCCCCCCC=CC=C[C]=O. The molecule has 22 heavy (non-hydrogen) atoms. The van der Waals surface area contributed by atoms with Gasteiger partial charge in [0.15, 0.2) is 0 Å². The van der Waals surface area contributed by atoms with Crippen molar-refractivity contribution in [3.05, 3.63) is 24.3 Å². The fourth-order valence-corrected chi connectivity index (χ4v) is 2.73. The minimum atomic E-state index is 1.13. The quantitative estimate of drug-likeness (QED) is 0.159. The van der Waals surface area contributed by atoms with Crippen LogP contribution in [0.15, 0.2) is 24.3 Å². The maximum absolute atomic E-state index is 9.93. The molecule has 1 heteroatoms. The van der Waals surface area contributed by atoms with Gasteiger partial charge in [0.1, 0.15) is 0 Å². The zero-order chi connectivity index (χ0) is 16.1. The molecular weight excluding hydrogens is 268 g/mol. The van der Waals surface area contributed by atoms with Gasteiger partial charge in [-0.1, -0.05) is 109 Å². The van der Waals surface area contributed by atoms with Gasteiger partial charge in [-0.3, -0.25) is 4.79 Å². The zero-order valence-corrected chi connectivity index (χ0v) is 14.8. The molecule has 0 saturated heterocycles. The van der Waals surface area contributed by atoms with Crippen LogP contribution in [0.5, 0.6) is 0 Å². The van der Waals surface area contributed by atoms with Gasteiger partial charge in [-0.2, -0.15) is 0 Å². The lowest BCUT2D eigenvalue weighted by Crippen LogP contribution is -1.83. The topological polar surface area (TPSA) is 17.1 Å². The standard InChI is InChI=1S/C21H37O/c1-2-3-4-5-6-7-8-9-10-11-12-13-14-15-16-17-18-19-20-21-22/h17-20H,2-16H2,1H3. The highest BCUT2D eigenvalue weighted by Crippen LogP contribution is 2.13. The molecule has 127 valence electrons. The molecule has 0 fully saturated rings. The molecule has 0 aliphatic carbocycles. The number of hydrogen-bond donors (Lipinski definition) is 0. The largest absolute Gasteiger partial charge is 0.286 e. The summed E-state index contributed by atoms with van der Waals surface area (Å²) in [5.74, 6) is 0. The third-order valence-corrected chi connectivity index (χ3v) is 4.14. The molecule has 1 nitrogen and oxygen atoms in total. The normalized spacial score (nSPS) is 11.7. The molecule has 0 bridgehead atoms. The number of carbonyl (C=O) groups excluding carboxylic acids is 1. The van der Waals surface area contributed by atoms with Crippen LogP contribution < -0.4 is 0 Å². The first kappa shape index (κ1) is 21.1. The first-order chi connectivity index (χ1) is 10.9. The smallest absolute Gasteiger partial charge is 0.225 e. The summed E-state index contributed by atoms with van der Waals surface area (Å²) in [7, 11) is 0. The van der Waals surface area contributed by atoms with E-state index in [0.717, 1.165) is 6.42 Å². The van der Waals surface area contributed by atoms with E-state index in [9.17, 15) is 4.79 Å². The van der Waals surface area contributed by atoms with E-state index in [1.807, 2.05) is 6.08 Å². The van der Waals surface area contributed by atoms with Gasteiger partial charge in [0, 0.05) is 0 Å². The van der Waals surface area contributed by atoms with Crippen molar-refractivity contribution in [1.29, 1.82) is 0 Å². The predicted molar refractivity (Wildman–Crippen MR) is 98.9 cm³/mol. The Morgan fingerprint density at radius 1 is 0.636 bits per heavy atom. The van der Waals surface area contributed by atoms with E-state index in [1.54, 1.807) is 12.4 Å². The molecule has 0 N–H and O–H groups in total. The molecule has 0 rings (SSSR count). The van der Waals surface area contributed by atoms with Gasteiger partial charge in [0.05, 0.1) is 0 Å². The molecular formula is C21H37O. The Labute approximate surface area is 139 Å². The highest BCUT2D eigenvalue weighted by atomic mass is 16.1. The second-order valence-corrected chi connectivity index (χ2v) is 6.29. The van der Waals surface area contributed by atoms with Crippen LogP contribution in [-0.4, -0.2) is 6.29 Å². The summed E-state index contributed by atoms with van der Waals surface area (Å²) in [5, 5.41) is 0. The van der Waals surface area contributed by atoms with E-state index in [-0.39, 0.29) is 0 Å². The van der Waals surface area contributed by atoms with Crippen LogP contribution in [0.4, 0.5) is 0 Å². The van der Waals surface area contributed by atoms with Crippen LogP contribution in [0.1, 0.15) is 103 Å². The molecule has 0 aromatic heterocycles. The average Bonchev–Trinajstić information content (AvgIpc) is 2.54. The summed E-state index contributed by atoms with van der Waals surface area (Å²) < 4.78 is 0. The van der Waals surface area contributed by atoms with Crippen LogP contribution in [0.3, 0.4) is 0 Å². The summed E-state index contributed by atoms with van der Waals surface area (Å²) in [6.07, 6.45) is 29.8. The molecule has 0 spiro atoms. The molecule has 0 amide bonds. The maximum Gasteiger partial charge on any atom is 0.225 e. The van der Waals surface area contributed by atoms with Gasteiger partial charge >= 0.3 is 0 Å². The Balaban J connectivity index is 3.04. The summed E-state index contributed by atoms with van der Waals surface area (Å²) in [4.78, 5) is 9.93. The Morgan fingerprint density at radius 2 is 1.09 bits per heavy atom. The van der Waals surface area contributed by atoms with Crippen molar-refractivity contribution in [2.45, 2.75) is 103 Å². The first-order valence-corrected chi connectivity index (χ1v) is 9.61. The van der Waals surface area contributed by atoms with Crippen LogP contribution >= 0.6 is 0 Å². The zero-order valence-electron chi connectivity index (χ0n) is 14.8. The third kappa shape index (κ3) is 19.1. The monoisotopic (exact) mass is 305 g/mol. The van der Waals surface area contributed by atoms with Crippen molar-refractivity contribution in [1.82, 2.24) is 0 Å². The van der Waals surface area contributed by atoms with Crippen LogP contribution in [0.2, 0.25) is 0 Å². The molecule has 0 heterocycles. The van der Waals surface area contributed by atoms with Crippen molar-refractivity contribution in [2.24, 2.45) is 0 Å². The van der Waals surface area contributed by atoms with Gasteiger partial charge in [0.2, 0.25) is 6.29 Å². The highest BCUT2D eigenvalue weighted by molar-refractivity contribution is 5.66. The second kappa shape index (κ2) is 20.1. The van der Waals surface area contributed by atoms with E-state index in [1.165, 1.54) is 96.0 Å². The Bertz CT molecular complexity index is 265. The van der Waals surface area contributed by atoms with Crippen LogP contribution in [-0.2, 0) is 4.79 Å². The lowest BCUT2D eigenvalue weighted by atomic mass is 10.0. The van der Waals surface area contributed by atoms with Crippen LogP contribution in [0, 0.1) is 0 Å². The molecule has 0 unspecified atom stereocenters. The number of hydrogen-bond acceptors (Lipinski definition) is 1. The van der Waals surface area contributed by atoms with Gasteiger partial charge in [-0.25, -0.2) is 0 Å².